The number of amides is 4. The third-order valence-corrected chi connectivity index (χ3v) is 11.2. The van der Waals surface area contributed by atoms with Crippen LogP contribution in [-0.2, 0) is 38.6 Å². The molecule has 20 heteroatoms. The monoisotopic (exact) mass is 854 g/mol. The van der Waals surface area contributed by atoms with E-state index in [2.05, 4.69) is 57.8 Å². The molecule has 0 spiro atoms. The second-order valence-corrected chi connectivity index (χ2v) is 15.5. The van der Waals surface area contributed by atoms with Crippen LogP contribution in [0.1, 0.15) is 51.2 Å². The molecule has 3 aliphatic rings. The van der Waals surface area contributed by atoms with Gasteiger partial charge in [0.2, 0.25) is 11.8 Å². The number of piperazine rings is 1. The molecule has 2 fully saturated rings. The van der Waals surface area contributed by atoms with Crippen LogP contribution in [0.3, 0.4) is 0 Å². The zero-order chi connectivity index (χ0) is 43.3. The molecular formula is C43H46N14O6. The third kappa shape index (κ3) is 9.37. The van der Waals surface area contributed by atoms with Gasteiger partial charge in [-0.3, -0.25) is 39.3 Å². The highest BCUT2D eigenvalue weighted by molar-refractivity contribution is 6.23. The molecule has 20 nitrogen and oxygen atoms in total. The number of fused-ring (bicyclic) bond motifs is 2. The number of aryl methyl sites for hydroxylation is 1. The Morgan fingerprint density at radius 1 is 0.857 bits per heavy atom. The number of piperidine rings is 1. The lowest BCUT2D eigenvalue weighted by Gasteiger charge is -2.35. The minimum Gasteiger partial charge on any atom is -0.382 e. The normalized spacial score (nSPS) is 16.9. The van der Waals surface area contributed by atoms with Gasteiger partial charge in [0.05, 0.1) is 55.6 Å². The van der Waals surface area contributed by atoms with Crippen LogP contribution in [0.15, 0.2) is 79.6 Å². The summed E-state index contributed by atoms with van der Waals surface area (Å²) >= 11 is 0. The number of carbonyl (C=O) groups is 4. The van der Waals surface area contributed by atoms with Crippen molar-refractivity contribution < 1.29 is 28.7 Å². The van der Waals surface area contributed by atoms with E-state index in [0.717, 1.165) is 60.3 Å². The van der Waals surface area contributed by atoms with Gasteiger partial charge in [-0.05, 0) is 61.2 Å². The number of ether oxygens (including phenoxy) is 2. The van der Waals surface area contributed by atoms with Crippen molar-refractivity contribution in [2.75, 3.05) is 68.6 Å². The van der Waals surface area contributed by atoms with Crippen LogP contribution in [0.25, 0.3) is 17.0 Å². The number of nitrogens with zero attached hydrogens (tertiary/aromatic N) is 11. The van der Waals surface area contributed by atoms with Crippen molar-refractivity contribution in [1.82, 2.24) is 54.4 Å². The van der Waals surface area contributed by atoms with Crippen LogP contribution in [0.5, 0.6) is 0 Å². The molecule has 4 aromatic heterocycles. The van der Waals surface area contributed by atoms with Gasteiger partial charge in [-0.1, -0.05) is 11.3 Å². The molecule has 63 heavy (non-hydrogen) atoms. The SMILES string of the molecule is Nc1cncc(-c2cn3ccnc3c(Nc3ccc(N4CCN(Cc5cn(CCOCCOCCCc6ccc7c(c6)C(=O)N(C6CCC(=O)NC6=O)C7=O)nn5)CC4)cc3)n2)n1. The molecule has 1 atom stereocenters. The number of nitrogen functional groups attached to an aromatic ring is 1. The first kappa shape index (κ1) is 41.2. The predicted molar refractivity (Wildman–Crippen MR) is 229 cm³/mol. The van der Waals surface area contributed by atoms with E-state index in [9.17, 15) is 19.2 Å². The number of nitrogens with two attached hydrogens (primary N) is 1. The average molecular weight is 855 g/mol. The number of nitrogens with one attached hydrogen (secondary N) is 2. The second-order valence-electron chi connectivity index (χ2n) is 15.5. The maximum Gasteiger partial charge on any atom is 0.262 e. The van der Waals surface area contributed by atoms with Gasteiger partial charge in [0.25, 0.3) is 11.8 Å². The van der Waals surface area contributed by atoms with Gasteiger partial charge in [-0.25, -0.2) is 19.6 Å². The number of anilines is 4. The lowest BCUT2D eigenvalue weighted by atomic mass is 10.0. The Balaban J connectivity index is 0.652. The van der Waals surface area contributed by atoms with Crippen molar-refractivity contribution in [3.8, 4) is 11.4 Å². The number of hydrogen-bond donors (Lipinski definition) is 3. The van der Waals surface area contributed by atoms with Crippen LogP contribution < -0.4 is 21.3 Å². The number of imidazole rings is 1. The van der Waals surface area contributed by atoms with E-state index in [4.69, 9.17) is 20.2 Å². The van der Waals surface area contributed by atoms with Crippen LogP contribution >= 0.6 is 0 Å². The van der Waals surface area contributed by atoms with Gasteiger partial charge in [0.15, 0.2) is 11.5 Å². The lowest BCUT2D eigenvalue weighted by molar-refractivity contribution is -0.136. The van der Waals surface area contributed by atoms with Gasteiger partial charge < -0.3 is 29.8 Å². The molecule has 1 unspecified atom stereocenters. The summed E-state index contributed by atoms with van der Waals surface area (Å²) < 4.78 is 15.2. The van der Waals surface area contributed by atoms with Crippen molar-refractivity contribution >= 4 is 52.3 Å². The van der Waals surface area contributed by atoms with Gasteiger partial charge in [-0.15, -0.1) is 5.10 Å². The van der Waals surface area contributed by atoms with E-state index in [0.29, 0.717) is 74.5 Å². The fourth-order valence-corrected chi connectivity index (χ4v) is 7.98. The minimum absolute atomic E-state index is 0.0836. The summed E-state index contributed by atoms with van der Waals surface area (Å²) in [6.45, 7) is 6.75. The van der Waals surface area contributed by atoms with Crippen molar-refractivity contribution in [1.29, 1.82) is 0 Å². The summed E-state index contributed by atoms with van der Waals surface area (Å²) in [6.07, 6.45) is 12.1. The van der Waals surface area contributed by atoms with Gasteiger partial charge >= 0.3 is 0 Å². The summed E-state index contributed by atoms with van der Waals surface area (Å²) in [6, 6.07) is 12.5. The topological polar surface area (TPSA) is 233 Å². The summed E-state index contributed by atoms with van der Waals surface area (Å²) in [5, 5.41) is 14.3. The summed E-state index contributed by atoms with van der Waals surface area (Å²) in [4.78, 5) is 73.4. The number of aromatic nitrogens is 8. The van der Waals surface area contributed by atoms with Crippen LogP contribution in [-0.4, -0.2) is 131 Å². The Bertz CT molecular complexity index is 2640. The molecule has 4 amide bonds. The molecule has 3 aliphatic heterocycles. The van der Waals surface area contributed by atoms with E-state index in [1.807, 2.05) is 41.2 Å². The first-order valence-electron chi connectivity index (χ1n) is 20.9. The Hall–Kier alpha value is -7.16. The minimum atomic E-state index is -0.978. The van der Waals surface area contributed by atoms with E-state index in [1.54, 1.807) is 29.2 Å². The first-order chi connectivity index (χ1) is 30.8. The van der Waals surface area contributed by atoms with E-state index in [1.165, 1.54) is 6.20 Å². The van der Waals surface area contributed by atoms with Crippen LogP contribution in [0.4, 0.5) is 23.0 Å². The Kier molecular flexibility index (Phi) is 12.1. The molecule has 0 radical (unpaired) electrons. The maximum atomic E-state index is 13.1. The smallest absolute Gasteiger partial charge is 0.262 e. The van der Waals surface area contributed by atoms with Crippen molar-refractivity contribution in [2.45, 2.75) is 44.8 Å². The molecule has 0 saturated carbocycles. The number of benzene rings is 2. The molecule has 9 rings (SSSR count). The standard InChI is InChI=1S/C43H46N14O6/c44-37-24-45-23-34(48-37)35-27-55-12-11-46-40(55)39(49-35)47-29-4-6-31(7-5-29)54-15-13-53(14-16-54)25-30-26-56(52-51-30)17-19-63-21-20-62-18-1-2-28-3-8-32-33(22-28)43(61)57(42(32)60)36-9-10-38(58)50-41(36)59/h3-8,11-12,22-24,26-27,36H,1-2,9-10,13-21,25H2,(H2,44,48)(H,47,49)(H,50,58,59). The molecule has 0 aliphatic carbocycles. The van der Waals surface area contributed by atoms with Crippen molar-refractivity contribution in [2.24, 2.45) is 0 Å². The highest BCUT2D eigenvalue weighted by Gasteiger charge is 2.44. The summed E-state index contributed by atoms with van der Waals surface area (Å²) in [5.74, 6) is -1.11. The molecule has 7 heterocycles. The highest BCUT2D eigenvalue weighted by atomic mass is 16.5. The quantitative estimate of drug-likeness (QED) is 0.0884. The second kappa shape index (κ2) is 18.4. The maximum absolute atomic E-state index is 13.1. The summed E-state index contributed by atoms with van der Waals surface area (Å²) in [7, 11) is 0. The molecule has 4 N–H and O–H groups in total. The van der Waals surface area contributed by atoms with Crippen LogP contribution in [0, 0.1) is 0 Å². The van der Waals surface area contributed by atoms with E-state index in [-0.39, 0.29) is 24.0 Å². The molecule has 2 aromatic carbocycles. The van der Waals surface area contributed by atoms with E-state index < -0.39 is 29.7 Å². The van der Waals surface area contributed by atoms with Gasteiger partial charge in [0, 0.05) is 81.9 Å². The predicted octanol–water partition coefficient (Wildman–Crippen LogP) is 2.49. The summed E-state index contributed by atoms with van der Waals surface area (Å²) in [5.41, 5.74) is 12.2. The molecule has 324 valence electrons. The molecular weight excluding hydrogens is 809 g/mol. The van der Waals surface area contributed by atoms with Crippen molar-refractivity contribution in [3.05, 3.63) is 102 Å². The average Bonchev–Trinajstić information content (AvgIpc) is 4.02. The number of carbonyl (C=O) groups excluding carboxylic acids is 4. The number of imide groups is 2. The largest absolute Gasteiger partial charge is 0.382 e. The van der Waals surface area contributed by atoms with Crippen LogP contribution in [0.2, 0.25) is 0 Å². The molecule has 0 bridgehead atoms. The molecule has 6 aromatic rings. The Labute approximate surface area is 361 Å². The Morgan fingerprint density at radius 2 is 1.67 bits per heavy atom. The highest BCUT2D eigenvalue weighted by Crippen LogP contribution is 2.29. The first-order valence-corrected chi connectivity index (χ1v) is 20.9. The Morgan fingerprint density at radius 3 is 2.48 bits per heavy atom. The number of hydrogen-bond acceptors (Lipinski definition) is 16. The fourth-order valence-electron chi connectivity index (χ4n) is 7.98. The van der Waals surface area contributed by atoms with Crippen molar-refractivity contribution in [3.63, 3.8) is 0 Å². The number of rotatable bonds is 17. The molecule has 2 saturated heterocycles. The third-order valence-electron chi connectivity index (χ3n) is 11.2. The van der Waals surface area contributed by atoms with Gasteiger partial charge in [-0.2, -0.15) is 0 Å². The van der Waals surface area contributed by atoms with E-state index >= 15 is 0 Å². The van der Waals surface area contributed by atoms with Gasteiger partial charge in [0.1, 0.15) is 23.2 Å². The zero-order valence-electron chi connectivity index (χ0n) is 34.4. The lowest BCUT2D eigenvalue weighted by Crippen LogP contribution is -2.54. The fraction of sp³-hybridized carbons (Fsp3) is 0.349. The zero-order valence-corrected chi connectivity index (χ0v) is 34.4.